The number of hydrazone groups is 2. The fourth-order valence-corrected chi connectivity index (χ4v) is 2.14. The van der Waals surface area contributed by atoms with Crippen molar-refractivity contribution in [1.82, 2.24) is 10.9 Å². The molecule has 0 aliphatic rings. The van der Waals surface area contributed by atoms with Gasteiger partial charge in [0, 0.05) is 23.3 Å². The highest BCUT2D eigenvalue weighted by atomic mass is 16.3. The molecule has 2 aromatic rings. The first-order chi connectivity index (χ1) is 13.2. The van der Waals surface area contributed by atoms with E-state index >= 15 is 0 Å². The minimum atomic E-state index is -1.11. The van der Waals surface area contributed by atoms with Crippen LogP contribution in [-0.4, -0.2) is 43.7 Å². The molecule has 0 bridgehead atoms. The van der Waals surface area contributed by atoms with E-state index in [4.69, 9.17) is 0 Å². The van der Waals surface area contributed by atoms with Gasteiger partial charge >= 0.3 is 11.8 Å². The summed E-state index contributed by atoms with van der Waals surface area (Å²) >= 11 is 0. The number of aromatic hydroxyl groups is 4. The fraction of sp³-hybridized carbons (Fsp3) is 0.111. The number of phenolic OH excluding ortho intramolecular Hbond substituents is 4. The molecular formula is C18H18N4O6. The Morgan fingerprint density at radius 2 is 1.07 bits per heavy atom. The Labute approximate surface area is 159 Å². The van der Waals surface area contributed by atoms with Crippen LogP contribution in [0.2, 0.25) is 0 Å². The van der Waals surface area contributed by atoms with Gasteiger partial charge in [0.05, 0.1) is 11.4 Å². The maximum Gasteiger partial charge on any atom is 0.331 e. The molecule has 0 saturated carbocycles. The lowest BCUT2D eigenvalue weighted by Crippen LogP contribution is -2.36. The molecule has 0 saturated heterocycles. The number of rotatable bonds is 4. The first kappa shape index (κ1) is 20.2. The maximum absolute atomic E-state index is 11.8. The number of amides is 2. The fourth-order valence-electron chi connectivity index (χ4n) is 2.14. The molecule has 0 aromatic heterocycles. The molecule has 0 spiro atoms. The normalized spacial score (nSPS) is 11.8. The number of carbonyl (C=O) groups is 2. The van der Waals surface area contributed by atoms with Crippen molar-refractivity contribution in [1.29, 1.82) is 0 Å². The lowest BCUT2D eigenvalue weighted by Gasteiger charge is -2.06. The van der Waals surface area contributed by atoms with Crippen molar-refractivity contribution in [2.45, 2.75) is 13.8 Å². The number of hydrogen-bond donors (Lipinski definition) is 6. The monoisotopic (exact) mass is 386 g/mol. The Bertz CT molecular complexity index is 905. The van der Waals surface area contributed by atoms with Crippen molar-refractivity contribution < 1.29 is 30.0 Å². The van der Waals surface area contributed by atoms with Crippen LogP contribution in [-0.2, 0) is 9.59 Å². The van der Waals surface area contributed by atoms with E-state index in [2.05, 4.69) is 10.2 Å². The molecule has 0 atom stereocenters. The Morgan fingerprint density at radius 3 is 1.39 bits per heavy atom. The molecule has 0 fully saturated rings. The van der Waals surface area contributed by atoms with E-state index in [0.29, 0.717) is 0 Å². The zero-order chi connectivity index (χ0) is 20.8. The van der Waals surface area contributed by atoms with Gasteiger partial charge in [0.25, 0.3) is 0 Å². The second-order valence-electron chi connectivity index (χ2n) is 5.68. The third-order valence-corrected chi connectivity index (χ3v) is 3.60. The topological polar surface area (TPSA) is 164 Å². The summed E-state index contributed by atoms with van der Waals surface area (Å²) in [4.78, 5) is 23.6. The molecule has 0 unspecified atom stereocenters. The quantitative estimate of drug-likeness (QED) is 0.259. The molecule has 0 aliphatic carbocycles. The van der Waals surface area contributed by atoms with Crippen LogP contribution in [0.3, 0.4) is 0 Å². The van der Waals surface area contributed by atoms with E-state index in [9.17, 15) is 30.0 Å². The maximum atomic E-state index is 11.8. The van der Waals surface area contributed by atoms with Crippen LogP contribution >= 0.6 is 0 Å². The number of phenols is 4. The standard InChI is InChI=1S/C18H18N4O6/c1-9(13-5-3-11(23)7-15(13)25)19-21-17(27)18(28)22-20-10(2)14-6-4-12(24)8-16(14)26/h3-8,23-26H,1-2H3,(H,21,27)(H,22,28)/b19-9+,20-10+. The Kier molecular flexibility index (Phi) is 6.17. The number of hydrogen-bond acceptors (Lipinski definition) is 8. The van der Waals surface area contributed by atoms with Crippen molar-refractivity contribution in [2.75, 3.05) is 0 Å². The van der Waals surface area contributed by atoms with Gasteiger partial charge in [-0.05, 0) is 38.1 Å². The third kappa shape index (κ3) is 4.97. The minimum Gasteiger partial charge on any atom is -0.508 e. The third-order valence-electron chi connectivity index (χ3n) is 3.60. The lowest BCUT2D eigenvalue weighted by atomic mass is 10.1. The molecular weight excluding hydrogens is 368 g/mol. The van der Waals surface area contributed by atoms with E-state index in [0.717, 1.165) is 12.1 Å². The number of carbonyl (C=O) groups excluding carboxylic acids is 2. The summed E-state index contributed by atoms with van der Waals surface area (Å²) < 4.78 is 0. The summed E-state index contributed by atoms with van der Waals surface area (Å²) in [7, 11) is 0. The zero-order valence-electron chi connectivity index (χ0n) is 15.0. The van der Waals surface area contributed by atoms with Gasteiger partial charge in [0.2, 0.25) is 0 Å². The molecule has 0 radical (unpaired) electrons. The summed E-state index contributed by atoms with van der Waals surface area (Å²) in [6, 6.07) is 7.68. The van der Waals surface area contributed by atoms with E-state index in [1.165, 1.54) is 38.1 Å². The van der Waals surface area contributed by atoms with Crippen LogP contribution in [0.15, 0.2) is 46.6 Å². The molecule has 146 valence electrons. The van der Waals surface area contributed by atoms with Crippen LogP contribution in [0.4, 0.5) is 0 Å². The van der Waals surface area contributed by atoms with Gasteiger partial charge in [-0.2, -0.15) is 10.2 Å². The SMILES string of the molecule is C/C(=N\NC(=O)C(=O)N/N=C(\C)c1ccc(O)cc1O)c1ccc(O)cc1O. The summed E-state index contributed by atoms with van der Waals surface area (Å²) in [6.07, 6.45) is 0. The highest BCUT2D eigenvalue weighted by Crippen LogP contribution is 2.23. The predicted molar refractivity (Wildman–Crippen MR) is 100 cm³/mol. The van der Waals surface area contributed by atoms with Gasteiger partial charge in [-0.25, -0.2) is 10.9 Å². The van der Waals surface area contributed by atoms with E-state index in [-0.39, 0.29) is 45.5 Å². The van der Waals surface area contributed by atoms with E-state index < -0.39 is 11.8 Å². The second kappa shape index (κ2) is 8.54. The molecule has 2 amide bonds. The van der Waals surface area contributed by atoms with Gasteiger partial charge < -0.3 is 20.4 Å². The van der Waals surface area contributed by atoms with Crippen LogP contribution in [0.1, 0.15) is 25.0 Å². The first-order valence-electron chi connectivity index (χ1n) is 7.92. The van der Waals surface area contributed by atoms with Crippen LogP contribution in [0, 0.1) is 0 Å². The van der Waals surface area contributed by atoms with E-state index in [1.807, 2.05) is 10.9 Å². The van der Waals surface area contributed by atoms with Gasteiger partial charge in [-0.1, -0.05) is 0 Å². The van der Waals surface area contributed by atoms with Crippen LogP contribution < -0.4 is 10.9 Å². The number of benzene rings is 2. The van der Waals surface area contributed by atoms with Gasteiger partial charge in [-0.15, -0.1) is 0 Å². The Morgan fingerprint density at radius 1 is 0.714 bits per heavy atom. The molecule has 0 heterocycles. The van der Waals surface area contributed by atoms with Gasteiger partial charge in [0.1, 0.15) is 23.0 Å². The van der Waals surface area contributed by atoms with Crippen molar-refractivity contribution in [3.8, 4) is 23.0 Å². The summed E-state index contributed by atoms with van der Waals surface area (Å²) in [5.74, 6) is -2.97. The average molecular weight is 386 g/mol. The number of nitrogens with one attached hydrogen (secondary N) is 2. The summed E-state index contributed by atoms with van der Waals surface area (Å²) in [6.45, 7) is 2.97. The van der Waals surface area contributed by atoms with E-state index in [1.54, 1.807) is 0 Å². The zero-order valence-corrected chi connectivity index (χ0v) is 15.0. The average Bonchev–Trinajstić information content (AvgIpc) is 2.63. The summed E-state index contributed by atoms with van der Waals surface area (Å²) in [5, 5.41) is 45.4. The highest BCUT2D eigenvalue weighted by Gasteiger charge is 2.14. The number of nitrogens with zero attached hydrogens (tertiary/aromatic N) is 2. The largest absolute Gasteiger partial charge is 0.508 e. The summed E-state index contributed by atoms with van der Waals surface area (Å²) in [5.41, 5.74) is 4.95. The highest BCUT2D eigenvalue weighted by molar-refractivity contribution is 6.35. The van der Waals surface area contributed by atoms with Crippen molar-refractivity contribution in [3.63, 3.8) is 0 Å². The smallest absolute Gasteiger partial charge is 0.331 e. The Balaban J connectivity index is 2.01. The molecule has 10 nitrogen and oxygen atoms in total. The van der Waals surface area contributed by atoms with Gasteiger partial charge in [0.15, 0.2) is 0 Å². The molecule has 2 aromatic carbocycles. The molecule has 0 aliphatic heterocycles. The Hall–Kier alpha value is -4.08. The van der Waals surface area contributed by atoms with Crippen molar-refractivity contribution in [2.24, 2.45) is 10.2 Å². The van der Waals surface area contributed by atoms with Crippen molar-refractivity contribution in [3.05, 3.63) is 47.5 Å². The van der Waals surface area contributed by atoms with Crippen LogP contribution in [0.25, 0.3) is 0 Å². The molecule has 2 rings (SSSR count). The minimum absolute atomic E-state index is 0.134. The lowest BCUT2D eigenvalue weighted by molar-refractivity contribution is -0.139. The van der Waals surface area contributed by atoms with Gasteiger partial charge in [-0.3, -0.25) is 9.59 Å². The first-order valence-corrected chi connectivity index (χ1v) is 7.92. The molecule has 10 heteroatoms. The molecule has 6 N–H and O–H groups in total. The predicted octanol–water partition coefficient (Wildman–Crippen LogP) is 0.890. The molecule has 28 heavy (non-hydrogen) atoms. The second-order valence-corrected chi connectivity index (χ2v) is 5.68. The van der Waals surface area contributed by atoms with Crippen molar-refractivity contribution >= 4 is 23.2 Å². The van der Waals surface area contributed by atoms with Crippen LogP contribution in [0.5, 0.6) is 23.0 Å².